The van der Waals surface area contributed by atoms with E-state index in [1.165, 1.54) is 44.6 Å². The zero-order valence-electron chi connectivity index (χ0n) is 20.3. The van der Waals surface area contributed by atoms with Crippen molar-refractivity contribution in [3.63, 3.8) is 0 Å². The third-order valence-corrected chi connectivity index (χ3v) is 7.00. The Hall–Kier alpha value is -2.60. The van der Waals surface area contributed by atoms with E-state index in [9.17, 15) is 9.18 Å². The lowest BCUT2D eigenvalue weighted by Crippen LogP contribution is -2.54. The molecule has 6 heteroatoms. The number of hydrogen-bond donors (Lipinski definition) is 1. The second kappa shape index (κ2) is 9.72. The molecule has 3 heterocycles. The molecule has 1 aromatic carbocycles. The number of amides is 1. The molecule has 1 N–H and O–H groups in total. The summed E-state index contributed by atoms with van der Waals surface area (Å²) in [5.41, 5.74) is 2.36. The van der Waals surface area contributed by atoms with Gasteiger partial charge in [0.1, 0.15) is 17.3 Å². The number of fused-ring (bicyclic) bond motifs is 3. The van der Waals surface area contributed by atoms with E-state index in [2.05, 4.69) is 12.4 Å². The van der Waals surface area contributed by atoms with E-state index in [4.69, 9.17) is 4.42 Å². The van der Waals surface area contributed by atoms with Crippen molar-refractivity contribution in [3.8, 4) is 0 Å². The molecule has 0 unspecified atom stereocenters. The van der Waals surface area contributed by atoms with Gasteiger partial charge >= 0.3 is 0 Å². The van der Waals surface area contributed by atoms with Gasteiger partial charge in [0.25, 0.3) is 5.91 Å². The SMILES string of the molecule is CNC1CCCCCC1.Cc1cc2c(cc3n2CC(C)(C)N(Cc2ccccc2F)C3=O)o1. The molecule has 0 atom stereocenters. The fraction of sp³-hybridized carbons (Fsp3) is 0.519. The first-order valence-electron chi connectivity index (χ1n) is 12.1. The van der Waals surface area contributed by atoms with Gasteiger partial charge in [-0.15, -0.1) is 0 Å². The summed E-state index contributed by atoms with van der Waals surface area (Å²) in [4.78, 5) is 14.8. The Labute approximate surface area is 195 Å². The van der Waals surface area contributed by atoms with Crippen LogP contribution in [0.1, 0.15) is 74.2 Å². The second-order valence-corrected chi connectivity index (χ2v) is 9.99. The summed E-state index contributed by atoms with van der Waals surface area (Å²) in [6.45, 7) is 6.81. The molecule has 0 spiro atoms. The average Bonchev–Trinajstić information content (AvgIpc) is 3.16. The van der Waals surface area contributed by atoms with Crippen molar-refractivity contribution in [2.24, 2.45) is 0 Å². The number of nitrogens with one attached hydrogen (secondary N) is 1. The van der Waals surface area contributed by atoms with Crippen LogP contribution >= 0.6 is 0 Å². The van der Waals surface area contributed by atoms with Crippen LogP contribution in [0.25, 0.3) is 11.1 Å². The minimum Gasteiger partial charge on any atom is -0.460 e. The minimum atomic E-state index is -0.427. The maximum atomic E-state index is 14.0. The Balaban J connectivity index is 0.000000243. The van der Waals surface area contributed by atoms with E-state index < -0.39 is 5.54 Å². The van der Waals surface area contributed by atoms with Gasteiger partial charge in [0, 0.05) is 36.8 Å². The zero-order chi connectivity index (χ0) is 23.6. The van der Waals surface area contributed by atoms with Gasteiger partial charge in [0.15, 0.2) is 5.58 Å². The van der Waals surface area contributed by atoms with E-state index in [1.54, 1.807) is 29.2 Å². The summed E-state index contributed by atoms with van der Waals surface area (Å²) in [6.07, 6.45) is 8.58. The number of aryl methyl sites for hydroxylation is 1. The molecule has 5 rings (SSSR count). The molecular formula is C27H36FN3O2. The van der Waals surface area contributed by atoms with E-state index in [1.807, 2.05) is 31.4 Å². The standard InChI is InChI=1S/C19H19FN2O2.C8H17N/c1-12-8-15-17(24-12)9-16-18(23)22(19(2,3)11-21(15)16)10-13-6-4-5-7-14(13)20;1-9-8-6-4-2-3-5-7-8/h4-9H,10-11H2,1-3H3;8-9H,2-7H2,1H3. The second-order valence-electron chi connectivity index (χ2n) is 9.99. The van der Waals surface area contributed by atoms with Crippen LogP contribution in [-0.2, 0) is 13.1 Å². The third-order valence-electron chi connectivity index (χ3n) is 7.00. The van der Waals surface area contributed by atoms with E-state index >= 15 is 0 Å². The maximum Gasteiger partial charge on any atom is 0.271 e. The van der Waals surface area contributed by atoms with Crippen molar-refractivity contribution in [2.45, 2.75) is 84.0 Å². The highest BCUT2D eigenvalue weighted by molar-refractivity contribution is 5.99. The van der Waals surface area contributed by atoms with Gasteiger partial charge < -0.3 is 19.2 Å². The Kier molecular flexibility index (Phi) is 6.94. The smallest absolute Gasteiger partial charge is 0.271 e. The molecule has 0 radical (unpaired) electrons. The highest BCUT2D eigenvalue weighted by atomic mass is 19.1. The molecule has 33 heavy (non-hydrogen) atoms. The van der Waals surface area contributed by atoms with Gasteiger partial charge in [0.05, 0.1) is 11.1 Å². The third kappa shape index (κ3) is 5.01. The van der Waals surface area contributed by atoms with Gasteiger partial charge in [-0.2, -0.15) is 0 Å². The lowest BCUT2D eigenvalue weighted by Gasteiger charge is -2.43. The Morgan fingerprint density at radius 3 is 2.48 bits per heavy atom. The van der Waals surface area contributed by atoms with Gasteiger partial charge in [-0.1, -0.05) is 43.9 Å². The van der Waals surface area contributed by atoms with Crippen LogP contribution in [0, 0.1) is 12.7 Å². The van der Waals surface area contributed by atoms with E-state index in [0.717, 1.165) is 22.9 Å². The quantitative estimate of drug-likeness (QED) is 0.492. The number of hydrogen-bond acceptors (Lipinski definition) is 3. The molecular weight excluding hydrogens is 417 g/mol. The van der Waals surface area contributed by atoms with Crippen LogP contribution in [0.15, 0.2) is 40.8 Å². The van der Waals surface area contributed by atoms with E-state index in [0.29, 0.717) is 17.8 Å². The number of nitrogens with zero attached hydrogens (tertiary/aromatic N) is 2. The Morgan fingerprint density at radius 2 is 1.82 bits per heavy atom. The lowest BCUT2D eigenvalue weighted by atomic mass is 9.97. The van der Waals surface area contributed by atoms with Crippen molar-refractivity contribution >= 4 is 17.0 Å². The fourth-order valence-corrected chi connectivity index (χ4v) is 5.05. The minimum absolute atomic E-state index is 0.0986. The largest absolute Gasteiger partial charge is 0.460 e. The number of carbonyl (C=O) groups is 1. The summed E-state index contributed by atoms with van der Waals surface area (Å²) < 4.78 is 21.7. The van der Waals surface area contributed by atoms with Gasteiger partial charge in [-0.3, -0.25) is 4.79 Å². The summed E-state index contributed by atoms with van der Waals surface area (Å²) in [7, 11) is 2.08. The normalized spacial score (nSPS) is 18.6. The molecule has 1 saturated carbocycles. The molecule has 178 valence electrons. The van der Waals surface area contributed by atoms with Crippen molar-refractivity contribution < 1.29 is 13.6 Å². The zero-order valence-corrected chi connectivity index (χ0v) is 20.3. The molecule has 1 aliphatic carbocycles. The van der Waals surface area contributed by atoms with Gasteiger partial charge in [0.2, 0.25) is 0 Å². The molecule has 5 nitrogen and oxygen atoms in total. The van der Waals surface area contributed by atoms with Crippen LogP contribution in [0.2, 0.25) is 0 Å². The van der Waals surface area contributed by atoms with Crippen LogP contribution in [0.4, 0.5) is 4.39 Å². The first-order chi connectivity index (χ1) is 15.8. The molecule has 0 bridgehead atoms. The predicted octanol–water partition coefficient (Wildman–Crippen LogP) is 6.05. The molecule has 1 aliphatic heterocycles. The summed E-state index contributed by atoms with van der Waals surface area (Å²) >= 11 is 0. The number of carbonyl (C=O) groups excluding carboxylic acids is 1. The number of aromatic nitrogens is 1. The van der Waals surface area contributed by atoms with Crippen molar-refractivity contribution in [1.82, 2.24) is 14.8 Å². The molecule has 3 aromatic rings. The van der Waals surface area contributed by atoms with Crippen LogP contribution in [-0.4, -0.2) is 34.0 Å². The Bertz CT molecular complexity index is 1110. The molecule has 2 aliphatic rings. The Morgan fingerprint density at radius 1 is 1.12 bits per heavy atom. The predicted molar refractivity (Wildman–Crippen MR) is 130 cm³/mol. The summed E-state index contributed by atoms with van der Waals surface area (Å²) in [6, 6.07) is 11.2. The number of furan rings is 1. The highest BCUT2D eigenvalue weighted by Crippen LogP contribution is 2.34. The number of rotatable bonds is 3. The van der Waals surface area contributed by atoms with Gasteiger partial charge in [-0.25, -0.2) is 4.39 Å². The fourth-order valence-electron chi connectivity index (χ4n) is 5.05. The topological polar surface area (TPSA) is 50.4 Å². The highest BCUT2D eigenvalue weighted by Gasteiger charge is 2.39. The molecule has 2 aromatic heterocycles. The van der Waals surface area contributed by atoms with Crippen molar-refractivity contribution in [2.75, 3.05) is 7.05 Å². The van der Waals surface area contributed by atoms with Gasteiger partial charge in [-0.05, 0) is 46.7 Å². The van der Waals surface area contributed by atoms with Crippen LogP contribution in [0.3, 0.4) is 0 Å². The summed E-state index contributed by atoms with van der Waals surface area (Å²) in [5.74, 6) is 0.444. The summed E-state index contributed by atoms with van der Waals surface area (Å²) in [5, 5.41) is 3.34. The average molecular weight is 454 g/mol. The van der Waals surface area contributed by atoms with E-state index in [-0.39, 0.29) is 18.3 Å². The molecule has 1 amide bonds. The lowest BCUT2D eigenvalue weighted by molar-refractivity contribution is 0.0390. The number of benzene rings is 1. The first-order valence-corrected chi connectivity index (χ1v) is 12.1. The van der Waals surface area contributed by atoms with Crippen LogP contribution in [0.5, 0.6) is 0 Å². The van der Waals surface area contributed by atoms with Crippen LogP contribution < -0.4 is 5.32 Å². The molecule has 0 saturated heterocycles. The van der Waals surface area contributed by atoms with Crippen molar-refractivity contribution in [1.29, 1.82) is 0 Å². The van der Waals surface area contributed by atoms with Crippen molar-refractivity contribution in [3.05, 3.63) is 59.2 Å². The first kappa shape index (κ1) is 23.6. The molecule has 1 fully saturated rings. The number of halogens is 1. The monoisotopic (exact) mass is 453 g/mol. The maximum absolute atomic E-state index is 14.0.